The highest BCUT2D eigenvalue weighted by molar-refractivity contribution is 7.90. The van der Waals surface area contributed by atoms with Crippen molar-refractivity contribution < 1.29 is 18.1 Å². The number of sulfone groups is 1. The van der Waals surface area contributed by atoms with Crippen LogP contribution in [-0.4, -0.2) is 50.8 Å². The quantitative estimate of drug-likeness (QED) is 0.596. The number of hydrogen-bond donors (Lipinski definition) is 1. The van der Waals surface area contributed by atoms with E-state index in [-0.39, 0.29) is 10.6 Å². The lowest BCUT2D eigenvalue weighted by Gasteiger charge is -2.26. The van der Waals surface area contributed by atoms with E-state index in [0.29, 0.717) is 18.9 Å². The van der Waals surface area contributed by atoms with Gasteiger partial charge in [0.05, 0.1) is 18.1 Å². The van der Waals surface area contributed by atoms with Crippen molar-refractivity contribution in [2.75, 3.05) is 37.9 Å². The third-order valence-corrected chi connectivity index (χ3v) is 5.43. The van der Waals surface area contributed by atoms with Crippen molar-refractivity contribution in [2.24, 2.45) is 0 Å². The van der Waals surface area contributed by atoms with E-state index in [2.05, 4.69) is 10.2 Å². The Bertz CT molecular complexity index is 940. The minimum Gasteiger partial charge on any atom is -0.379 e. The number of nitro benzene ring substituents is 1. The van der Waals surface area contributed by atoms with Crippen molar-refractivity contribution in [3.05, 3.63) is 58.1 Å². The van der Waals surface area contributed by atoms with Gasteiger partial charge in [0.25, 0.3) is 0 Å². The number of nitrogens with zero attached hydrogens (tertiary/aromatic N) is 2. The first-order chi connectivity index (χ1) is 12.8. The minimum atomic E-state index is -3.72. The molecule has 1 heterocycles. The average Bonchev–Trinajstić information content (AvgIpc) is 2.62. The van der Waals surface area contributed by atoms with E-state index in [1.807, 2.05) is 18.2 Å². The SMILES string of the molecule is CS(=O)(=O)c1cccc(Nc2cccc(CN3CCOCC3)c2)c1[N+](=O)[O-]. The molecule has 0 spiro atoms. The number of para-hydroxylation sites is 1. The second-order valence-electron chi connectivity index (χ2n) is 6.40. The molecule has 2 aromatic carbocycles. The van der Waals surface area contributed by atoms with E-state index >= 15 is 0 Å². The molecule has 0 amide bonds. The monoisotopic (exact) mass is 391 g/mol. The predicted molar refractivity (Wildman–Crippen MR) is 102 cm³/mol. The molecular weight excluding hydrogens is 370 g/mol. The topological polar surface area (TPSA) is 102 Å². The van der Waals surface area contributed by atoms with Crippen LogP contribution < -0.4 is 5.32 Å². The fourth-order valence-corrected chi connectivity index (χ4v) is 3.89. The van der Waals surface area contributed by atoms with Crippen molar-refractivity contribution in [3.8, 4) is 0 Å². The van der Waals surface area contributed by atoms with Gasteiger partial charge in [-0.15, -0.1) is 0 Å². The highest BCUT2D eigenvalue weighted by Gasteiger charge is 2.26. The summed E-state index contributed by atoms with van der Waals surface area (Å²) in [6.45, 7) is 3.90. The number of morpholine rings is 1. The van der Waals surface area contributed by atoms with Crippen LogP contribution in [0.25, 0.3) is 0 Å². The third-order valence-electron chi connectivity index (χ3n) is 4.30. The molecule has 0 radical (unpaired) electrons. The first-order valence-corrected chi connectivity index (χ1v) is 10.4. The van der Waals surface area contributed by atoms with E-state index in [1.165, 1.54) is 18.2 Å². The van der Waals surface area contributed by atoms with Gasteiger partial charge in [0.1, 0.15) is 10.6 Å². The van der Waals surface area contributed by atoms with E-state index in [1.54, 1.807) is 6.07 Å². The number of ether oxygens (including phenoxy) is 1. The number of benzene rings is 2. The molecule has 2 aromatic rings. The van der Waals surface area contributed by atoms with Gasteiger partial charge in [-0.05, 0) is 29.8 Å². The molecule has 1 fully saturated rings. The molecule has 0 aromatic heterocycles. The molecule has 3 rings (SSSR count). The molecule has 9 heteroatoms. The van der Waals surface area contributed by atoms with Crippen LogP contribution in [0.3, 0.4) is 0 Å². The van der Waals surface area contributed by atoms with E-state index in [0.717, 1.165) is 31.5 Å². The molecule has 8 nitrogen and oxygen atoms in total. The Morgan fingerprint density at radius 3 is 2.56 bits per heavy atom. The van der Waals surface area contributed by atoms with Crippen molar-refractivity contribution in [1.29, 1.82) is 0 Å². The molecule has 0 aliphatic carbocycles. The molecule has 0 unspecified atom stereocenters. The summed E-state index contributed by atoms with van der Waals surface area (Å²) in [6.07, 6.45) is 0.960. The minimum absolute atomic E-state index is 0.145. The highest BCUT2D eigenvalue weighted by atomic mass is 32.2. The van der Waals surface area contributed by atoms with Crippen LogP contribution in [0.4, 0.5) is 17.1 Å². The molecule has 0 bridgehead atoms. The van der Waals surface area contributed by atoms with Gasteiger partial charge < -0.3 is 10.1 Å². The van der Waals surface area contributed by atoms with E-state index in [9.17, 15) is 18.5 Å². The Labute approximate surface area is 157 Å². The fraction of sp³-hybridized carbons (Fsp3) is 0.333. The van der Waals surface area contributed by atoms with Crippen molar-refractivity contribution >= 4 is 26.9 Å². The van der Waals surface area contributed by atoms with Gasteiger partial charge in [0, 0.05) is 31.6 Å². The summed E-state index contributed by atoms with van der Waals surface area (Å²) >= 11 is 0. The second-order valence-corrected chi connectivity index (χ2v) is 8.38. The summed E-state index contributed by atoms with van der Waals surface area (Å²) in [5, 5.41) is 14.5. The van der Waals surface area contributed by atoms with Crippen LogP contribution in [-0.2, 0) is 21.1 Å². The van der Waals surface area contributed by atoms with Crippen molar-refractivity contribution in [2.45, 2.75) is 11.4 Å². The van der Waals surface area contributed by atoms with Crippen LogP contribution in [0.2, 0.25) is 0 Å². The first kappa shape index (κ1) is 19.3. The Hall–Kier alpha value is -2.49. The molecule has 27 heavy (non-hydrogen) atoms. The molecular formula is C18H21N3O5S. The Balaban J connectivity index is 1.87. The summed E-state index contributed by atoms with van der Waals surface area (Å²) in [6, 6.07) is 11.8. The molecule has 1 aliphatic heterocycles. The lowest BCUT2D eigenvalue weighted by molar-refractivity contribution is -0.386. The number of hydrogen-bond acceptors (Lipinski definition) is 7. The molecule has 1 saturated heterocycles. The van der Waals surface area contributed by atoms with Crippen molar-refractivity contribution in [1.82, 2.24) is 4.90 Å². The highest BCUT2D eigenvalue weighted by Crippen LogP contribution is 2.34. The molecule has 1 aliphatic rings. The zero-order valence-electron chi connectivity index (χ0n) is 14.9. The number of anilines is 2. The van der Waals surface area contributed by atoms with Gasteiger partial charge >= 0.3 is 5.69 Å². The third kappa shape index (κ3) is 4.82. The van der Waals surface area contributed by atoms with Gasteiger partial charge in [-0.3, -0.25) is 15.0 Å². The Morgan fingerprint density at radius 2 is 1.89 bits per heavy atom. The van der Waals surface area contributed by atoms with Gasteiger partial charge in [-0.25, -0.2) is 8.42 Å². The van der Waals surface area contributed by atoms with Crippen LogP contribution in [0.15, 0.2) is 47.4 Å². The van der Waals surface area contributed by atoms with Crippen LogP contribution in [0.5, 0.6) is 0 Å². The maximum Gasteiger partial charge on any atom is 0.311 e. The lowest BCUT2D eigenvalue weighted by Crippen LogP contribution is -2.35. The summed E-state index contributed by atoms with van der Waals surface area (Å²) in [5.41, 5.74) is 1.42. The van der Waals surface area contributed by atoms with Crippen LogP contribution >= 0.6 is 0 Å². The van der Waals surface area contributed by atoms with Gasteiger partial charge in [-0.1, -0.05) is 18.2 Å². The smallest absolute Gasteiger partial charge is 0.311 e. The Kier molecular flexibility index (Phi) is 5.73. The van der Waals surface area contributed by atoms with Crippen LogP contribution in [0, 0.1) is 10.1 Å². The molecule has 0 atom stereocenters. The summed E-state index contributed by atoms with van der Waals surface area (Å²) in [5.74, 6) is 0. The Morgan fingerprint density at radius 1 is 1.19 bits per heavy atom. The van der Waals surface area contributed by atoms with Crippen LogP contribution in [0.1, 0.15) is 5.56 Å². The normalized spacial score (nSPS) is 15.4. The fourth-order valence-electron chi connectivity index (χ4n) is 3.03. The van der Waals surface area contributed by atoms with Gasteiger partial charge in [0.2, 0.25) is 0 Å². The van der Waals surface area contributed by atoms with Crippen molar-refractivity contribution in [3.63, 3.8) is 0 Å². The standard InChI is InChI=1S/C18H21N3O5S/c1-27(24,25)17-7-3-6-16(18(17)21(22)23)19-15-5-2-4-14(12-15)13-20-8-10-26-11-9-20/h2-7,12,19H,8-11,13H2,1H3. The van der Waals surface area contributed by atoms with Gasteiger partial charge in [0.15, 0.2) is 9.84 Å². The summed E-state index contributed by atoms with van der Waals surface area (Å²) in [7, 11) is -3.72. The summed E-state index contributed by atoms with van der Waals surface area (Å²) in [4.78, 5) is 12.8. The maximum atomic E-state index is 11.9. The number of nitro groups is 1. The zero-order chi connectivity index (χ0) is 19.4. The molecule has 1 N–H and O–H groups in total. The number of rotatable bonds is 6. The lowest BCUT2D eigenvalue weighted by atomic mass is 10.1. The largest absolute Gasteiger partial charge is 0.379 e. The molecule has 144 valence electrons. The van der Waals surface area contributed by atoms with E-state index in [4.69, 9.17) is 4.74 Å². The second kappa shape index (κ2) is 8.03. The van der Waals surface area contributed by atoms with E-state index < -0.39 is 20.4 Å². The number of nitrogens with one attached hydrogen (secondary N) is 1. The first-order valence-electron chi connectivity index (χ1n) is 8.48. The summed E-state index contributed by atoms with van der Waals surface area (Å²) < 4.78 is 29.1. The average molecular weight is 391 g/mol. The molecule has 0 saturated carbocycles. The van der Waals surface area contributed by atoms with Gasteiger partial charge in [-0.2, -0.15) is 0 Å². The zero-order valence-corrected chi connectivity index (χ0v) is 15.7. The maximum absolute atomic E-state index is 11.9. The predicted octanol–water partition coefficient (Wildman–Crippen LogP) is 2.57.